The maximum Gasteiger partial charge on any atom is 0.332 e. The summed E-state index contributed by atoms with van der Waals surface area (Å²) in [6, 6.07) is 4.77. The summed E-state index contributed by atoms with van der Waals surface area (Å²) in [5.41, 5.74) is 8.36. The number of piperazine rings is 1. The third-order valence-corrected chi connectivity index (χ3v) is 7.92. The molecule has 4 amide bonds. The fourth-order valence-corrected chi connectivity index (χ4v) is 6.02. The van der Waals surface area contributed by atoms with Crippen molar-refractivity contribution in [2.75, 3.05) is 31.9 Å². The number of nitrogens with zero attached hydrogens (tertiary/aromatic N) is 6. The van der Waals surface area contributed by atoms with E-state index < -0.39 is 12.2 Å². The van der Waals surface area contributed by atoms with Gasteiger partial charge in [0.25, 0.3) is 0 Å². The van der Waals surface area contributed by atoms with Gasteiger partial charge in [0.1, 0.15) is 12.2 Å². The Labute approximate surface area is 230 Å². The van der Waals surface area contributed by atoms with Crippen molar-refractivity contribution in [3.05, 3.63) is 54.6 Å². The van der Waals surface area contributed by atoms with Crippen molar-refractivity contribution in [3.8, 4) is 0 Å². The minimum Gasteiger partial charge on any atom is -0.375 e. The van der Waals surface area contributed by atoms with Crippen molar-refractivity contribution in [3.63, 3.8) is 0 Å². The predicted molar refractivity (Wildman–Crippen MR) is 148 cm³/mol. The number of benzene rings is 1. The van der Waals surface area contributed by atoms with E-state index in [9.17, 15) is 14.4 Å². The van der Waals surface area contributed by atoms with Gasteiger partial charge in [-0.2, -0.15) is 5.01 Å². The average molecular weight is 552 g/mol. The lowest BCUT2D eigenvalue weighted by molar-refractivity contribution is -0.157. The van der Waals surface area contributed by atoms with Gasteiger partial charge in [-0.1, -0.05) is 42.9 Å². The number of hydrazine groups is 1. The number of nitrogens with two attached hydrogens (primary N) is 1. The number of carbonyl (C=O) groups excluding carboxylic acids is 3. The fourth-order valence-electron chi connectivity index (χ4n) is 5.24. The molecule has 2 saturated heterocycles. The zero-order valence-electron chi connectivity index (χ0n) is 21.9. The Bertz CT molecular complexity index is 1360. The predicted octanol–water partition coefficient (Wildman–Crippen LogP) is 1.94. The molecule has 0 saturated carbocycles. The van der Waals surface area contributed by atoms with Gasteiger partial charge in [-0.3, -0.25) is 14.6 Å². The number of amides is 4. The molecule has 0 unspecified atom stereocenters. The number of aromatic amines is 1. The van der Waals surface area contributed by atoms with Crippen molar-refractivity contribution in [2.24, 2.45) is 0 Å². The lowest BCUT2D eigenvalue weighted by Crippen LogP contribution is -2.66. The molecule has 0 aliphatic carbocycles. The molecule has 12 nitrogen and oxygen atoms in total. The van der Waals surface area contributed by atoms with E-state index in [-0.39, 0.29) is 43.9 Å². The van der Waals surface area contributed by atoms with E-state index >= 15 is 0 Å². The largest absolute Gasteiger partial charge is 0.375 e. The smallest absolute Gasteiger partial charge is 0.332 e. The van der Waals surface area contributed by atoms with E-state index in [0.717, 1.165) is 34.3 Å². The van der Waals surface area contributed by atoms with Gasteiger partial charge in [0.2, 0.25) is 11.8 Å². The van der Waals surface area contributed by atoms with Crippen LogP contribution in [0.25, 0.3) is 10.2 Å². The first-order valence-electron chi connectivity index (χ1n) is 13.0. The minimum absolute atomic E-state index is 0.0154. The zero-order chi connectivity index (χ0) is 27.5. The number of rotatable bonds is 10. The first kappa shape index (κ1) is 26.6. The quantitative estimate of drug-likeness (QED) is 0.258. The van der Waals surface area contributed by atoms with Crippen molar-refractivity contribution >= 4 is 44.5 Å². The van der Waals surface area contributed by atoms with Gasteiger partial charge >= 0.3 is 6.03 Å². The molecule has 4 heterocycles. The van der Waals surface area contributed by atoms with Crippen LogP contribution in [0.15, 0.2) is 43.4 Å². The molecule has 5 rings (SSSR count). The number of hydrogen-bond donors (Lipinski definition) is 3. The molecule has 206 valence electrons. The van der Waals surface area contributed by atoms with E-state index in [1.165, 1.54) is 16.3 Å². The minimum atomic E-state index is -0.754. The Hall–Kier alpha value is -3.97. The van der Waals surface area contributed by atoms with Crippen LogP contribution in [0.5, 0.6) is 0 Å². The average Bonchev–Trinajstić information content (AvgIpc) is 3.64. The number of anilines is 1. The van der Waals surface area contributed by atoms with Gasteiger partial charge in [0.05, 0.1) is 36.2 Å². The number of para-hydroxylation sites is 1. The molecule has 4 N–H and O–H groups in total. The molecule has 2 atom stereocenters. The second-order valence-corrected chi connectivity index (χ2v) is 10.7. The van der Waals surface area contributed by atoms with E-state index in [1.54, 1.807) is 33.4 Å². The summed E-state index contributed by atoms with van der Waals surface area (Å²) in [7, 11) is 0. The molecule has 39 heavy (non-hydrogen) atoms. The number of imidazole rings is 1. The number of H-pyrrole nitrogens is 1. The van der Waals surface area contributed by atoms with Crippen LogP contribution in [0.3, 0.4) is 0 Å². The van der Waals surface area contributed by atoms with Crippen LogP contribution < -0.4 is 11.1 Å². The monoisotopic (exact) mass is 551 g/mol. The first-order chi connectivity index (χ1) is 18.9. The first-order valence-corrected chi connectivity index (χ1v) is 13.9. The van der Waals surface area contributed by atoms with Gasteiger partial charge in [-0.15, -0.1) is 6.58 Å². The second kappa shape index (κ2) is 11.4. The second-order valence-electron chi connectivity index (χ2n) is 9.67. The number of urea groups is 1. The van der Waals surface area contributed by atoms with E-state index in [1.807, 2.05) is 18.2 Å². The Kier molecular flexibility index (Phi) is 7.79. The molecule has 2 aromatic heterocycles. The van der Waals surface area contributed by atoms with Gasteiger partial charge in [0.15, 0.2) is 5.13 Å². The number of thiazole rings is 1. The summed E-state index contributed by atoms with van der Waals surface area (Å²) in [5, 5.41) is 6.68. The number of fused-ring (bicyclic) bond motifs is 2. The lowest BCUT2D eigenvalue weighted by Gasteiger charge is -2.46. The molecule has 1 aromatic carbocycles. The normalized spacial score (nSPS) is 19.5. The Balaban J connectivity index is 1.47. The van der Waals surface area contributed by atoms with Gasteiger partial charge < -0.3 is 25.8 Å². The number of unbranched alkanes of at least 4 members (excludes halogenated alkanes) is 1. The van der Waals surface area contributed by atoms with Crippen LogP contribution >= 0.6 is 11.3 Å². The molecular formula is C26H33N9O3S. The molecule has 0 radical (unpaired) electrons. The van der Waals surface area contributed by atoms with Crippen LogP contribution in [0.2, 0.25) is 0 Å². The highest BCUT2D eigenvalue weighted by Gasteiger charge is 2.52. The van der Waals surface area contributed by atoms with Crippen molar-refractivity contribution in [1.82, 2.24) is 40.1 Å². The molecule has 2 aliphatic rings. The van der Waals surface area contributed by atoms with Crippen molar-refractivity contribution < 1.29 is 14.4 Å². The molecule has 13 heteroatoms. The molecule has 0 spiro atoms. The van der Waals surface area contributed by atoms with Crippen LogP contribution in [0.4, 0.5) is 9.93 Å². The topological polar surface area (TPSA) is 144 Å². The SMILES string of the molecule is C=CCN(C(=O)NCCCC)N1CC(=O)N2[C@@H](Cc3cnc[nH]3)C(=O)N(Cc3cccc4sc(N)nc34)C[C@@H]21. The van der Waals surface area contributed by atoms with E-state index in [0.29, 0.717) is 18.2 Å². The number of aromatic nitrogens is 3. The lowest BCUT2D eigenvalue weighted by atomic mass is 10.0. The molecule has 0 bridgehead atoms. The number of carbonyl (C=O) groups is 3. The maximum absolute atomic E-state index is 13.9. The highest BCUT2D eigenvalue weighted by atomic mass is 32.1. The highest BCUT2D eigenvalue weighted by molar-refractivity contribution is 7.22. The van der Waals surface area contributed by atoms with E-state index in [2.05, 4.69) is 33.8 Å². The standard InChI is InChI=1S/C26H33N9O3S/c1-3-5-9-29-26(38)33(10-4-2)34-15-22(36)35-19(11-18-12-28-16-30-18)24(37)32(14-21(34)35)13-17-7-6-8-20-23(17)31-25(27)39-20/h4,6-8,12,16,19,21H,2-3,5,9-11,13-15H2,1H3,(H2,27,31)(H,28,30)(H,29,38)/t19-,21+/m0/s1. The number of nitrogens with one attached hydrogen (secondary N) is 2. The van der Waals surface area contributed by atoms with Crippen molar-refractivity contribution in [1.29, 1.82) is 0 Å². The Morgan fingerprint density at radius 2 is 2.23 bits per heavy atom. The third-order valence-electron chi connectivity index (χ3n) is 7.07. The summed E-state index contributed by atoms with van der Waals surface area (Å²) in [6.45, 7) is 7.15. The zero-order valence-corrected chi connectivity index (χ0v) is 22.7. The summed E-state index contributed by atoms with van der Waals surface area (Å²) in [4.78, 5) is 55.5. The Morgan fingerprint density at radius 1 is 1.38 bits per heavy atom. The van der Waals surface area contributed by atoms with Gasteiger partial charge in [0, 0.05) is 31.4 Å². The van der Waals surface area contributed by atoms with E-state index in [4.69, 9.17) is 5.73 Å². The van der Waals surface area contributed by atoms with Crippen LogP contribution in [0, 0.1) is 0 Å². The molecular weight excluding hydrogens is 518 g/mol. The number of nitrogen functional groups attached to an aromatic ring is 1. The van der Waals surface area contributed by atoms with Crippen molar-refractivity contribution in [2.45, 2.75) is 44.9 Å². The van der Waals surface area contributed by atoms with Crippen LogP contribution in [-0.2, 0) is 22.6 Å². The molecule has 2 aliphatic heterocycles. The Morgan fingerprint density at radius 3 is 2.97 bits per heavy atom. The maximum atomic E-state index is 13.9. The summed E-state index contributed by atoms with van der Waals surface area (Å²) >= 11 is 1.40. The summed E-state index contributed by atoms with van der Waals surface area (Å²) < 4.78 is 0.948. The third kappa shape index (κ3) is 5.32. The summed E-state index contributed by atoms with van der Waals surface area (Å²) in [5.74, 6) is -0.374. The van der Waals surface area contributed by atoms with Gasteiger partial charge in [-0.05, 0) is 18.1 Å². The fraction of sp³-hybridized carbons (Fsp3) is 0.423. The number of hydrogen-bond acceptors (Lipinski definition) is 8. The highest BCUT2D eigenvalue weighted by Crippen LogP contribution is 2.32. The molecule has 2 fully saturated rings. The van der Waals surface area contributed by atoms with Gasteiger partial charge in [-0.25, -0.2) is 14.8 Å². The van der Waals surface area contributed by atoms with Crippen LogP contribution in [-0.4, -0.2) is 91.0 Å². The summed E-state index contributed by atoms with van der Waals surface area (Å²) in [6.07, 6.45) is 6.39. The molecule has 3 aromatic rings. The van der Waals surface area contributed by atoms with Crippen LogP contribution in [0.1, 0.15) is 31.0 Å².